The SMILES string of the molecule is C[C@@H]1C[C@H](N(C)C)[C@@H](O)C(OCCOCCOCCNC(=S)Nc2ccc(SC#N)cc2)O1. The highest BCUT2D eigenvalue weighted by atomic mass is 32.2. The number of aliphatic hydroxyl groups excluding tert-OH is 1. The number of anilines is 1. The third-order valence-electron chi connectivity index (χ3n) is 4.97. The van der Waals surface area contributed by atoms with Gasteiger partial charge in [-0.2, -0.15) is 5.26 Å². The Kier molecular flexibility index (Phi) is 13.0. The molecule has 1 aliphatic heterocycles. The molecule has 184 valence electrons. The van der Waals surface area contributed by atoms with Gasteiger partial charge in [-0.15, -0.1) is 0 Å². The van der Waals surface area contributed by atoms with Crippen LogP contribution in [-0.2, 0) is 18.9 Å². The quantitative estimate of drug-likeness (QED) is 0.161. The van der Waals surface area contributed by atoms with E-state index in [2.05, 4.69) is 10.6 Å². The molecular formula is C22H34N4O5S2. The zero-order valence-corrected chi connectivity index (χ0v) is 21.0. The number of nitriles is 1. The lowest BCUT2D eigenvalue weighted by molar-refractivity contribution is -0.255. The molecule has 1 unspecified atom stereocenters. The Bertz CT molecular complexity index is 747. The Balaban J connectivity index is 1.46. The molecule has 1 aliphatic rings. The summed E-state index contributed by atoms with van der Waals surface area (Å²) in [5, 5.41) is 27.8. The van der Waals surface area contributed by atoms with E-state index in [-0.39, 0.29) is 12.1 Å². The Morgan fingerprint density at radius 3 is 2.55 bits per heavy atom. The second kappa shape index (κ2) is 15.4. The van der Waals surface area contributed by atoms with Crippen LogP contribution in [0.1, 0.15) is 13.3 Å². The zero-order chi connectivity index (χ0) is 24.1. The molecule has 1 fully saturated rings. The summed E-state index contributed by atoms with van der Waals surface area (Å²) in [6, 6.07) is 7.47. The number of benzene rings is 1. The number of thiocyanates is 1. The minimum Gasteiger partial charge on any atom is -0.386 e. The standard InChI is InChI=1S/C22H34N4O5S2/c1-16-14-19(26(2)3)20(27)21(31-16)30-13-12-29-11-10-28-9-8-24-22(32)25-17-4-6-18(7-5-17)33-15-23/h4-7,16,19-21,27H,8-14H2,1-3H3,(H2,24,25,32)/t16-,19+,20-,21?/m1/s1. The van der Waals surface area contributed by atoms with Gasteiger partial charge in [-0.3, -0.25) is 0 Å². The summed E-state index contributed by atoms with van der Waals surface area (Å²) in [5.41, 5.74) is 0.851. The molecular weight excluding hydrogens is 464 g/mol. The van der Waals surface area contributed by atoms with Crippen LogP contribution < -0.4 is 10.6 Å². The topological polar surface area (TPSA) is 108 Å². The molecule has 1 saturated heterocycles. The molecule has 33 heavy (non-hydrogen) atoms. The summed E-state index contributed by atoms with van der Waals surface area (Å²) in [6.45, 7) is 4.69. The van der Waals surface area contributed by atoms with E-state index in [0.29, 0.717) is 44.7 Å². The van der Waals surface area contributed by atoms with Gasteiger partial charge in [0.2, 0.25) is 0 Å². The first-order valence-electron chi connectivity index (χ1n) is 10.9. The summed E-state index contributed by atoms with van der Waals surface area (Å²) in [5.74, 6) is 0. The lowest BCUT2D eigenvalue weighted by Crippen LogP contribution is -2.54. The number of nitrogens with zero attached hydrogens (tertiary/aromatic N) is 2. The fourth-order valence-corrected chi connectivity index (χ4v) is 3.89. The van der Waals surface area contributed by atoms with Gasteiger partial charge in [-0.1, -0.05) is 0 Å². The van der Waals surface area contributed by atoms with Crippen LogP contribution in [0.5, 0.6) is 0 Å². The van der Waals surface area contributed by atoms with E-state index in [4.69, 9.17) is 36.4 Å². The average Bonchev–Trinajstić information content (AvgIpc) is 2.78. The van der Waals surface area contributed by atoms with Gasteiger partial charge in [-0.25, -0.2) is 0 Å². The molecule has 0 spiro atoms. The molecule has 3 N–H and O–H groups in total. The molecule has 9 nitrogen and oxygen atoms in total. The number of thiocarbonyl (C=S) groups is 1. The fraction of sp³-hybridized carbons (Fsp3) is 0.636. The summed E-state index contributed by atoms with van der Waals surface area (Å²) in [4.78, 5) is 2.89. The molecule has 0 bridgehead atoms. The first-order chi connectivity index (χ1) is 15.9. The van der Waals surface area contributed by atoms with Crippen LogP contribution in [0.25, 0.3) is 0 Å². The molecule has 1 heterocycles. The average molecular weight is 499 g/mol. The predicted molar refractivity (Wildman–Crippen MR) is 132 cm³/mol. The van der Waals surface area contributed by atoms with Crippen LogP contribution >= 0.6 is 24.0 Å². The van der Waals surface area contributed by atoms with Gasteiger partial charge < -0.3 is 39.6 Å². The highest BCUT2D eigenvalue weighted by molar-refractivity contribution is 8.03. The van der Waals surface area contributed by atoms with Crippen LogP contribution in [0.3, 0.4) is 0 Å². The molecule has 4 atom stereocenters. The van der Waals surface area contributed by atoms with E-state index in [1.807, 2.05) is 55.6 Å². The smallest absolute Gasteiger partial charge is 0.185 e. The van der Waals surface area contributed by atoms with Crippen LogP contribution in [0, 0.1) is 10.7 Å². The molecule has 0 saturated carbocycles. The van der Waals surface area contributed by atoms with Crippen molar-refractivity contribution in [3.63, 3.8) is 0 Å². The highest BCUT2D eigenvalue weighted by Gasteiger charge is 2.37. The molecule has 2 rings (SSSR count). The highest BCUT2D eigenvalue weighted by Crippen LogP contribution is 2.23. The second-order valence-electron chi connectivity index (χ2n) is 7.77. The van der Waals surface area contributed by atoms with Crippen molar-refractivity contribution in [3.05, 3.63) is 24.3 Å². The Morgan fingerprint density at radius 1 is 1.21 bits per heavy atom. The van der Waals surface area contributed by atoms with Crippen LogP contribution in [0.4, 0.5) is 5.69 Å². The van der Waals surface area contributed by atoms with Crippen LogP contribution in [0.2, 0.25) is 0 Å². The van der Waals surface area contributed by atoms with Crippen molar-refractivity contribution >= 4 is 34.8 Å². The van der Waals surface area contributed by atoms with E-state index >= 15 is 0 Å². The predicted octanol–water partition coefficient (Wildman–Crippen LogP) is 2.02. The lowest BCUT2D eigenvalue weighted by Gasteiger charge is -2.40. The van der Waals surface area contributed by atoms with Gasteiger partial charge in [0.1, 0.15) is 11.5 Å². The number of rotatable bonds is 13. The zero-order valence-electron chi connectivity index (χ0n) is 19.4. The number of thioether (sulfide) groups is 1. The first kappa shape index (κ1) is 27.8. The number of ether oxygens (including phenoxy) is 4. The normalized spacial score (nSPS) is 22.7. The maximum Gasteiger partial charge on any atom is 0.185 e. The van der Waals surface area contributed by atoms with Crippen LogP contribution in [-0.4, -0.2) is 93.3 Å². The summed E-state index contributed by atoms with van der Waals surface area (Å²) in [6.07, 6.45) is -0.521. The van der Waals surface area contributed by atoms with E-state index < -0.39 is 12.4 Å². The largest absolute Gasteiger partial charge is 0.386 e. The second-order valence-corrected chi connectivity index (χ2v) is 9.03. The lowest BCUT2D eigenvalue weighted by atomic mass is 9.99. The third-order valence-corrected chi connectivity index (χ3v) is 5.81. The number of hydrogen-bond acceptors (Lipinski definition) is 9. The summed E-state index contributed by atoms with van der Waals surface area (Å²) in [7, 11) is 3.89. The first-order valence-corrected chi connectivity index (χ1v) is 12.1. The Hall–Kier alpha value is -1.49. The molecule has 1 aromatic carbocycles. The molecule has 0 aliphatic carbocycles. The molecule has 0 amide bonds. The van der Waals surface area contributed by atoms with Crippen molar-refractivity contribution in [1.82, 2.24) is 10.2 Å². The van der Waals surface area contributed by atoms with Crippen molar-refractivity contribution < 1.29 is 24.1 Å². The van der Waals surface area contributed by atoms with Gasteiger partial charge in [0, 0.05) is 23.2 Å². The summed E-state index contributed by atoms with van der Waals surface area (Å²) >= 11 is 6.37. The van der Waals surface area contributed by atoms with Gasteiger partial charge in [0.05, 0.1) is 39.1 Å². The van der Waals surface area contributed by atoms with Crippen molar-refractivity contribution in [3.8, 4) is 5.40 Å². The summed E-state index contributed by atoms with van der Waals surface area (Å²) < 4.78 is 22.4. The van der Waals surface area contributed by atoms with Crippen molar-refractivity contribution in [2.24, 2.45) is 0 Å². The maximum absolute atomic E-state index is 10.4. The molecule has 1 aromatic rings. The maximum atomic E-state index is 10.4. The van der Waals surface area contributed by atoms with Crippen molar-refractivity contribution in [2.45, 2.75) is 42.8 Å². The van der Waals surface area contributed by atoms with E-state index in [0.717, 1.165) is 28.8 Å². The van der Waals surface area contributed by atoms with E-state index in [1.165, 1.54) is 0 Å². The van der Waals surface area contributed by atoms with Gasteiger partial charge >= 0.3 is 0 Å². The molecule has 0 aromatic heterocycles. The van der Waals surface area contributed by atoms with Gasteiger partial charge in [-0.05, 0) is 75.7 Å². The number of likely N-dealkylation sites (N-methyl/N-ethyl adjacent to an activating group) is 1. The monoisotopic (exact) mass is 498 g/mol. The van der Waals surface area contributed by atoms with Crippen molar-refractivity contribution in [2.75, 3.05) is 59.0 Å². The Labute approximate surface area is 205 Å². The van der Waals surface area contributed by atoms with Gasteiger partial charge in [0.15, 0.2) is 11.4 Å². The molecule has 0 radical (unpaired) electrons. The van der Waals surface area contributed by atoms with Gasteiger partial charge in [0.25, 0.3) is 0 Å². The van der Waals surface area contributed by atoms with Crippen molar-refractivity contribution in [1.29, 1.82) is 5.26 Å². The number of nitrogens with one attached hydrogen (secondary N) is 2. The van der Waals surface area contributed by atoms with E-state index in [1.54, 1.807) is 0 Å². The minimum absolute atomic E-state index is 0.0128. The fourth-order valence-electron chi connectivity index (χ4n) is 3.30. The van der Waals surface area contributed by atoms with E-state index in [9.17, 15) is 5.11 Å². The Morgan fingerprint density at radius 2 is 1.88 bits per heavy atom. The molecule has 11 heteroatoms. The number of aliphatic hydroxyl groups is 1. The minimum atomic E-state index is -0.686. The number of hydrogen-bond donors (Lipinski definition) is 3. The van der Waals surface area contributed by atoms with Crippen LogP contribution in [0.15, 0.2) is 29.2 Å². The third kappa shape index (κ3) is 10.5.